The molecule has 5 heteroatoms. The molecule has 1 heterocycles. The van der Waals surface area contributed by atoms with Crippen molar-refractivity contribution in [2.45, 2.75) is 52.7 Å². The molecule has 0 bridgehead atoms. The molecule has 2 rings (SSSR count). The zero-order chi connectivity index (χ0) is 16.7. The SMILES string of the molecule is CCN(CC)Cc1ccccc1CNC(=O)C1CC(C)CCN1.Cl. The van der Waals surface area contributed by atoms with Crippen molar-refractivity contribution in [2.24, 2.45) is 5.92 Å². The number of hydrogen-bond donors (Lipinski definition) is 2. The normalized spacial score (nSPS) is 20.5. The standard InChI is InChI=1S/C19H31N3O.ClH/c1-4-22(5-2)14-17-9-7-6-8-16(17)13-21-19(23)18-12-15(3)10-11-20-18;/h6-9,15,18,20H,4-5,10-14H2,1-3H3,(H,21,23);1H. The summed E-state index contributed by atoms with van der Waals surface area (Å²) in [6.07, 6.45) is 2.10. The van der Waals surface area contributed by atoms with Crippen LogP contribution in [0.4, 0.5) is 0 Å². The fraction of sp³-hybridized carbons (Fsp3) is 0.632. The number of benzene rings is 1. The van der Waals surface area contributed by atoms with Crippen LogP contribution < -0.4 is 10.6 Å². The van der Waals surface area contributed by atoms with Gasteiger partial charge in [0.2, 0.25) is 5.91 Å². The maximum Gasteiger partial charge on any atom is 0.237 e. The number of hydrogen-bond acceptors (Lipinski definition) is 3. The molecule has 1 fully saturated rings. The Morgan fingerprint density at radius 3 is 2.54 bits per heavy atom. The fourth-order valence-corrected chi connectivity index (χ4v) is 3.19. The van der Waals surface area contributed by atoms with Crippen LogP contribution in [0.1, 0.15) is 44.7 Å². The van der Waals surface area contributed by atoms with Crippen molar-refractivity contribution in [3.8, 4) is 0 Å². The van der Waals surface area contributed by atoms with Crippen LogP contribution >= 0.6 is 12.4 Å². The molecule has 0 aromatic heterocycles. The van der Waals surface area contributed by atoms with Crippen molar-refractivity contribution in [1.82, 2.24) is 15.5 Å². The summed E-state index contributed by atoms with van der Waals surface area (Å²) in [6, 6.07) is 8.38. The first kappa shape index (κ1) is 20.9. The smallest absolute Gasteiger partial charge is 0.237 e. The Balaban J connectivity index is 0.00000288. The highest BCUT2D eigenvalue weighted by Gasteiger charge is 2.24. The first-order valence-electron chi connectivity index (χ1n) is 8.94. The van der Waals surface area contributed by atoms with Crippen LogP contribution in [0.25, 0.3) is 0 Å². The van der Waals surface area contributed by atoms with Crippen LogP contribution in [0.5, 0.6) is 0 Å². The number of piperidine rings is 1. The lowest BCUT2D eigenvalue weighted by atomic mass is 9.94. The summed E-state index contributed by atoms with van der Waals surface area (Å²) in [5, 5.41) is 6.45. The molecule has 1 aromatic rings. The van der Waals surface area contributed by atoms with E-state index in [9.17, 15) is 4.79 Å². The second-order valence-corrected chi connectivity index (χ2v) is 6.58. The van der Waals surface area contributed by atoms with Gasteiger partial charge in [-0.15, -0.1) is 12.4 Å². The van der Waals surface area contributed by atoms with Crippen LogP contribution in [0.2, 0.25) is 0 Å². The molecular weight excluding hydrogens is 322 g/mol. The molecule has 1 aliphatic heterocycles. The minimum Gasteiger partial charge on any atom is -0.351 e. The van der Waals surface area contributed by atoms with Crippen molar-refractivity contribution in [1.29, 1.82) is 0 Å². The molecule has 4 nitrogen and oxygen atoms in total. The van der Waals surface area contributed by atoms with E-state index in [0.29, 0.717) is 12.5 Å². The number of amides is 1. The van der Waals surface area contributed by atoms with E-state index in [2.05, 4.69) is 54.5 Å². The Labute approximate surface area is 152 Å². The Morgan fingerprint density at radius 1 is 1.25 bits per heavy atom. The van der Waals surface area contributed by atoms with Gasteiger partial charge in [-0.3, -0.25) is 9.69 Å². The highest BCUT2D eigenvalue weighted by Crippen LogP contribution is 2.16. The zero-order valence-corrected chi connectivity index (χ0v) is 16.0. The number of carbonyl (C=O) groups excluding carboxylic acids is 1. The summed E-state index contributed by atoms with van der Waals surface area (Å²) in [6.45, 7) is 11.2. The molecule has 0 aliphatic carbocycles. The van der Waals surface area contributed by atoms with Crippen molar-refractivity contribution in [3.63, 3.8) is 0 Å². The number of carbonyl (C=O) groups is 1. The van der Waals surface area contributed by atoms with E-state index < -0.39 is 0 Å². The highest BCUT2D eigenvalue weighted by molar-refractivity contribution is 5.85. The Morgan fingerprint density at radius 2 is 1.92 bits per heavy atom. The van der Waals surface area contributed by atoms with Crippen molar-refractivity contribution < 1.29 is 4.79 Å². The average molecular weight is 354 g/mol. The predicted octanol–water partition coefficient (Wildman–Crippen LogP) is 2.95. The lowest BCUT2D eigenvalue weighted by Gasteiger charge is -2.27. The minimum absolute atomic E-state index is 0. The van der Waals surface area contributed by atoms with E-state index >= 15 is 0 Å². The molecule has 1 amide bonds. The summed E-state index contributed by atoms with van der Waals surface area (Å²) >= 11 is 0. The second-order valence-electron chi connectivity index (χ2n) is 6.58. The quantitative estimate of drug-likeness (QED) is 0.792. The van der Waals surface area contributed by atoms with E-state index in [0.717, 1.165) is 39.0 Å². The van der Waals surface area contributed by atoms with Gasteiger partial charge in [0.1, 0.15) is 0 Å². The fourth-order valence-electron chi connectivity index (χ4n) is 3.19. The third kappa shape index (κ3) is 6.08. The van der Waals surface area contributed by atoms with Gasteiger partial charge in [-0.1, -0.05) is 45.0 Å². The maximum absolute atomic E-state index is 12.4. The van der Waals surface area contributed by atoms with Gasteiger partial charge in [-0.2, -0.15) is 0 Å². The molecule has 1 aliphatic rings. The van der Waals surface area contributed by atoms with Crippen LogP contribution in [-0.2, 0) is 17.9 Å². The number of halogens is 1. The lowest BCUT2D eigenvalue weighted by molar-refractivity contribution is -0.124. The summed E-state index contributed by atoms with van der Waals surface area (Å²) in [5.74, 6) is 0.760. The van der Waals surface area contributed by atoms with Gasteiger partial charge in [0.25, 0.3) is 0 Å². The minimum atomic E-state index is -0.0336. The number of rotatable bonds is 7. The van der Waals surface area contributed by atoms with E-state index in [1.165, 1.54) is 11.1 Å². The van der Waals surface area contributed by atoms with E-state index in [1.54, 1.807) is 0 Å². The topological polar surface area (TPSA) is 44.4 Å². The molecule has 136 valence electrons. The van der Waals surface area contributed by atoms with Gasteiger partial charge in [0, 0.05) is 13.1 Å². The molecule has 1 aromatic carbocycles. The highest BCUT2D eigenvalue weighted by atomic mass is 35.5. The summed E-state index contributed by atoms with van der Waals surface area (Å²) < 4.78 is 0. The molecule has 2 N–H and O–H groups in total. The second kappa shape index (κ2) is 10.7. The molecule has 1 saturated heterocycles. The monoisotopic (exact) mass is 353 g/mol. The van der Waals surface area contributed by atoms with E-state index in [1.807, 2.05) is 6.07 Å². The predicted molar refractivity (Wildman–Crippen MR) is 102 cm³/mol. The van der Waals surface area contributed by atoms with Crippen LogP contribution in [0.3, 0.4) is 0 Å². The molecular formula is C19H32ClN3O. The first-order chi connectivity index (χ1) is 11.1. The van der Waals surface area contributed by atoms with Crippen LogP contribution in [-0.4, -0.2) is 36.5 Å². The molecule has 0 radical (unpaired) electrons. The van der Waals surface area contributed by atoms with Gasteiger partial charge in [-0.05, 0) is 49.5 Å². The molecule has 24 heavy (non-hydrogen) atoms. The van der Waals surface area contributed by atoms with Crippen molar-refractivity contribution in [2.75, 3.05) is 19.6 Å². The van der Waals surface area contributed by atoms with Crippen LogP contribution in [0.15, 0.2) is 24.3 Å². The summed E-state index contributed by atoms with van der Waals surface area (Å²) in [5.41, 5.74) is 2.53. The van der Waals surface area contributed by atoms with E-state index in [-0.39, 0.29) is 24.4 Å². The van der Waals surface area contributed by atoms with Gasteiger partial charge in [-0.25, -0.2) is 0 Å². The number of nitrogens with one attached hydrogen (secondary N) is 2. The third-order valence-corrected chi connectivity index (χ3v) is 4.84. The molecule has 2 unspecified atom stereocenters. The van der Waals surface area contributed by atoms with Crippen molar-refractivity contribution in [3.05, 3.63) is 35.4 Å². The molecule has 2 atom stereocenters. The first-order valence-corrected chi connectivity index (χ1v) is 8.94. The van der Waals surface area contributed by atoms with Gasteiger partial charge >= 0.3 is 0 Å². The summed E-state index contributed by atoms with van der Waals surface area (Å²) in [7, 11) is 0. The summed E-state index contributed by atoms with van der Waals surface area (Å²) in [4.78, 5) is 14.8. The lowest BCUT2D eigenvalue weighted by Crippen LogP contribution is -2.48. The third-order valence-electron chi connectivity index (χ3n) is 4.84. The molecule has 0 spiro atoms. The van der Waals surface area contributed by atoms with E-state index in [4.69, 9.17) is 0 Å². The molecule has 0 saturated carbocycles. The Kier molecular flexibility index (Phi) is 9.34. The van der Waals surface area contributed by atoms with Crippen molar-refractivity contribution >= 4 is 18.3 Å². The maximum atomic E-state index is 12.4. The van der Waals surface area contributed by atoms with Gasteiger partial charge in [0.15, 0.2) is 0 Å². The van der Waals surface area contributed by atoms with Gasteiger partial charge < -0.3 is 10.6 Å². The Bertz CT molecular complexity index is 505. The zero-order valence-electron chi connectivity index (χ0n) is 15.2. The number of nitrogens with zero attached hydrogens (tertiary/aromatic N) is 1. The van der Waals surface area contributed by atoms with Crippen LogP contribution in [0, 0.1) is 5.92 Å². The Hall–Kier alpha value is -1.10. The largest absolute Gasteiger partial charge is 0.351 e. The van der Waals surface area contributed by atoms with Gasteiger partial charge in [0.05, 0.1) is 6.04 Å². The average Bonchev–Trinajstić information content (AvgIpc) is 2.58.